The van der Waals surface area contributed by atoms with Crippen LogP contribution in [0.15, 0.2) is 18.2 Å². The minimum absolute atomic E-state index is 0.352. The molecule has 0 heterocycles. The Morgan fingerprint density at radius 3 is 2.71 bits per heavy atom. The van der Waals surface area contributed by atoms with E-state index in [0.717, 1.165) is 25.1 Å². The van der Waals surface area contributed by atoms with E-state index >= 15 is 0 Å². The molecule has 0 bridgehead atoms. The first-order valence-electron chi connectivity index (χ1n) is 7.64. The van der Waals surface area contributed by atoms with Crippen molar-refractivity contribution in [2.75, 3.05) is 18.0 Å². The third kappa shape index (κ3) is 3.50. The molecule has 2 rings (SSSR count). The van der Waals surface area contributed by atoms with E-state index in [-0.39, 0.29) is 0 Å². The van der Waals surface area contributed by atoms with Gasteiger partial charge in [0, 0.05) is 17.6 Å². The number of halogens is 1. The zero-order valence-electron chi connectivity index (χ0n) is 12.5. The molecule has 0 spiro atoms. The van der Waals surface area contributed by atoms with Crippen LogP contribution in [0.4, 0.5) is 5.69 Å². The maximum Gasteiger partial charge on any atom is 0.250 e. The molecule has 4 N–H and O–H groups in total. The predicted molar refractivity (Wildman–Crippen MR) is 87.8 cm³/mol. The summed E-state index contributed by atoms with van der Waals surface area (Å²) in [6.07, 6.45) is 4.67. The van der Waals surface area contributed by atoms with Crippen molar-refractivity contribution in [2.24, 2.45) is 17.4 Å². The zero-order chi connectivity index (χ0) is 15.4. The maximum atomic E-state index is 11.7. The van der Waals surface area contributed by atoms with Crippen molar-refractivity contribution < 1.29 is 4.79 Å². The molecule has 116 valence electrons. The molecule has 5 heteroatoms. The van der Waals surface area contributed by atoms with Crippen molar-refractivity contribution in [1.82, 2.24) is 0 Å². The van der Waals surface area contributed by atoms with Gasteiger partial charge in [-0.25, -0.2) is 0 Å². The molecule has 4 nitrogen and oxygen atoms in total. The monoisotopic (exact) mass is 309 g/mol. The molecule has 21 heavy (non-hydrogen) atoms. The van der Waals surface area contributed by atoms with Crippen LogP contribution in [0, 0.1) is 5.92 Å². The van der Waals surface area contributed by atoms with E-state index < -0.39 is 5.91 Å². The Balaban J connectivity index is 2.40. The Morgan fingerprint density at radius 2 is 2.10 bits per heavy atom. The minimum Gasteiger partial charge on any atom is -0.368 e. The summed E-state index contributed by atoms with van der Waals surface area (Å²) in [7, 11) is 0. The number of primary amides is 1. The largest absolute Gasteiger partial charge is 0.368 e. The molecule has 1 aromatic rings. The van der Waals surface area contributed by atoms with Crippen molar-refractivity contribution in [3.05, 3.63) is 28.8 Å². The minimum atomic E-state index is -0.416. The molecule has 1 fully saturated rings. The van der Waals surface area contributed by atoms with Gasteiger partial charge in [-0.1, -0.05) is 24.4 Å². The molecular weight excluding hydrogens is 286 g/mol. The van der Waals surface area contributed by atoms with Crippen molar-refractivity contribution in [3.8, 4) is 0 Å². The lowest BCUT2D eigenvalue weighted by molar-refractivity contribution is 0.100. The Morgan fingerprint density at radius 1 is 1.38 bits per heavy atom. The molecule has 1 aliphatic carbocycles. The molecule has 1 aromatic carbocycles. The molecule has 0 saturated heterocycles. The standard InChI is InChI=1S/C16H24ClN3O/c1-2-20(14-6-4-3-5-11(14)10-18)15-9-12(17)7-8-13(15)16(19)21/h7-9,11,14H,2-6,10,18H2,1H3,(H2,19,21). The van der Waals surface area contributed by atoms with Gasteiger partial charge in [-0.3, -0.25) is 4.79 Å². The average Bonchev–Trinajstić information content (AvgIpc) is 2.48. The molecule has 2 atom stereocenters. The van der Waals surface area contributed by atoms with Gasteiger partial charge in [-0.15, -0.1) is 0 Å². The third-order valence-corrected chi connectivity index (χ3v) is 4.68. The van der Waals surface area contributed by atoms with Crippen LogP contribution in [0.2, 0.25) is 5.02 Å². The van der Waals surface area contributed by atoms with Gasteiger partial charge in [0.25, 0.3) is 5.91 Å². The zero-order valence-corrected chi connectivity index (χ0v) is 13.3. The molecule has 0 aromatic heterocycles. The number of hydrogen-bond acceptors (Lipinski definition) is 3. The summed E-state index contributed by atoms with van der Waals surface area (Å²) in [5, 5.41) is 0.619. The van der Waals surface area contributed by atoms with Crippen molar-refractivity contribution in [1.29, 1.82) is 0 Å². The quantitative estimate of drug-likeness (QED) is 0.878. The number of anilines is 1. The fraction of sp³-hybridized carbons (Fsp3) is 0.562. The van der Waals surface area contributed by atoms with Gasteiger partial charge >= 0.3 is 0 Å². The molecule has 0 aliphatic heterocycles. The molecule has 1 amide bonds. The van der Waals surface area contributed by atoms with Gasteiger partial charge in [0.2, 0.25) is 0 Å². The summed E-state index contributed by atoms with van der Waals surface area (Å²) < 4.78 is 0. The average molecular weight is 310 g/mol. The molecule has 1 saturated carbocycles. The van der Waals surface area contributed by atoms with Gasteiger partial charge < -0.3 is 16.4 Å². The van der Waals surface area contributed by atoms with Crippen LogP contribution in [0.3, 0.4) is 0 Å². The normalized spacial score (nSPS) is 22.0. The lowest BCUT2D eigenvalue weighted by Crippen LogP contribution is -2.46. The number of nitrogens with two attached hydrogens (primary N) is 2. The van der Waals surface area contributed by atoms with E-state index in [9.17, 15) is 4.79 Å². The van der Waals surface area contributed by atoms with Crippen LogP contribution in [0.1, 0.15) is 43.0 Å². The Bertz CT molecular complexity index is 506. The number of hydrogen-bond donors (Lipinski definition) is 2. The van der Waals surface area contributed by atoms with Gasteiger partial charge in [-0.05, 0) is 50.4 Å². The van der Waals surface area contributed by atoms with Crippen molar-refractivity contribution in [3.63, 3.8) is 0 Å². The summed E-state index contributed by atoms with van der Waals surface area (Å²) in [6.45, 7) is 3.57. The predicted octanol–water partition coefficient (Wildman–Crippen LogP) is 2.78. The van der Waals surface area contributed by atoms with Gasteiger partial charge in [0.05, 0.1) is 11.3 Å². The summed E-state index contributed by atoms with van der Waals surface area (Å²) >= 11 is 6.13. The summed E-state index contributed by atoms with van der Waals surface area (Å²) in [6, 6.07) is 5.61. The number of carbonyl (C=O) groups is 1. The third-order valence-electron chi connectivity index (χ3n) is 4.45. The van der Waals surface area contributed by atoms with Crippen LogP contribution in [0.5, 0.6) is 0 Å². The number of amides is 1. The Labute approximate surface area is 131 Å². The van der Waals surface area contributed by atoms with Crippen molar-refractivity contribution in [2.45, 2.75) is 38.6 Å². The SMILES string of the molecule is CCN(c1cc(Cl)ccc1C(N)=O)C1CCCCC1CN. The van der Waals surface area contributed by atoms with Crippen LogP contribution >= 0.6 is 11.6 Å². The van der Waals surface area contributed by atoms with Crippen molar-refractivity contribution >= 4 is 23.2 Å². The van der Waals surface area contributed by atoms with E-state index in [0.29, 0.717) is 29.1 Å². The molecule has 1 aliphatic rings. The smallest absolute Gasteiger partial charge is 0.250 e. The van der Waals surface area contributed by atoms with Crippen LogP contribution in [-0.2, 0) is 0 Å². The topological polar surface area (TPSA) is 72.3 Å². The van der Waals surface area contributed by atoms with E-state index in [1.807, 2.05) is 6.07 Å². The van der Waals surface area contributed by atoms with Gasteiger partial charge in [0.15, 0.2) is 0 Å². The Kier molecular flexibility index (Phi) is 5.48. The van der Waals surface area contributed by atoms with E-state index in [4.69, 9.17) is 23.1 Å². The lowest BCUT2D eigenvalue weighted by Gasteiger charge is -2.41. The van der Waals surface area contributed by atoms with Gasteiger partial charge in [0.1, 0.15) is 0 Å². The second kappa shape index (κ2) is 7.14. The highest BCUT2D eigenvalue weighted by atomic mass is 35.5. The summed E-state index contributed by atoms with van der Waals surface area (Å²) in [5.74, 6) is 0.0404. The van der Waals surface area contributed by atoms with E-state index in [2.05, 4.69) is 11.8 Å². The van der Waals surface area contributed by atoms with E-state index in [1.165, 1.54) is 12.8 Å². The van der Waals surface area contributed by atoms with Gasteiger partial charge in [-0.2, -0.15) is 0 Å². The molecule has 2 unspecified atom stereocenters. The second-order valence-corrected chi connectivity index (χ2v) is 6.10. The fourth-order valence-corrected chi connectivity index (χ4v) is 3.57. The second-order valence-electron chi connectivity index (χ2n) is 5.66. The highest BCUT2D eigenvalue weighted by molar-refractivity contribution is 6.31. The fourth-order valence-electron chi connectivity index (χ4n) is 3.41. The number of benzene rings is 1. The number of rotatable bonds is 5. The first kappa shape index (κ1) is 16.1. The lowest BCUT2D eigenvalue weighted by atomic mass is 9.83. The van der Waals surface area contributed by atoms with Crippen LogP contribution in [-0.4, -0.2) is 25.0 Å². The number of nitrogens with zero attached hydrogens (tertiary/aromatic N) is 1. The summed E-state index contributed by atoms with van der Waals surface area (Å²) in [5.41, 5.74) is 12.8. The highest BCUT2D eigenvalue weighted by Gasteiger charge is 2.30. The van der Waals surface area contributed by atoms with Crippen LogP contribution < -0.4 is 16.4 Å². The molecular formula is C16H24ClN3O. The maximum absolute atomic E-state index is 11.7. The Hall–Kier alpha value is -1.26. The molecule has 0 radical (unpaired) electrons. The summed E-state index contributed by atoms with van der Waals surface area (Å²) in [4.78, 5) is 14.0. The van der Waals surface area contributed by atoms with Crippen LogP contribution in [0.25, 0.3) is 0 Å². The van der Waals surface area contributed by atoms with E-state index in [1.54, 1.807) is 12.1 Å². The first-order chi connectivity index (χ1) is 10.1. The highest BCUT2D eigenvalue weighted by Crippen LogP contribution is 2.34. The first-order valence-corrected chi connectivity index (χ1v) is 8.02. The number of carbonyl (C=O) groups excluding carboxylic acids is 1.